The van der Waals surface area contributed by atoms with Gasteiger partial charge in [-0.2, -0.15) is 0 Å². The minimum Gasteiger partial charge on any atom is -0.486 e. The number of benzene rings is 2. The molecule has 5 heteroatoms. The Morgan fingerprint density at radius 1 is 1.04 bits per heavy atom. The van der Waals surface area contributed by atoms with E-state index in [1.54, 1.807) is 6.08 Å². The lowest BCUT2D eigenvalue weighted by Gasteiger charge is -2.18. The van der Waals surface area contributed by atoms with Gasteiger partial charge in [0.15, 0.2) is 17.2 Å². The molecule has 0 aliphatic carbocycles. The molecule has 0 saturated carbocycles. The maximum Gasteiger partial charge on any atom is 0.363 e. The molecule has 0 unspecified atom stereocenters. The highest BCUT2D eigenvalue weighted by Gasteiger charge is 2.25. The fourth-order valence-corrected chi connectivity index (χ4v) is 2.64. The average molecular weight is 321 g/mol. The average Bonchev–Trinajstić information content (AvgIpc) is 2.96. The zero-order valence-electron chi connectivity index (χ0n) is 13.1. The maximum absolute atomic E-state index is 12.1. The molecule has 0 radical (unpaired) electrons. The number of nitrogens with zero attached hydrogens (tertiary/aromatic N) is 1. The quantitative estimate of drug-likeness (QED) is 0.630. The van der Waals surface area contributed by atoms with Crippen LogP contribution in [0.1, 0.15) is 16.7 Å². The van der Waals surface area contributed by atoms with Crippen LogP contribution < -0.4 is 9.47 Å². The van der Waals surface area contributed by atoms with Gasteiger partial charge in [-0.25, -0.2) is 9.79 Å². The van der Waals surface area contributed by atoms with Crippen LogP contribution in [0, 0.1) is 6.92 Å². The van der Waals surface area contributed by atoms with E-state index in [2.05, 4.69) is 4.99 Å². The summed E-state index contributed by atoms with van der Waals surface area (Å²) in [5, 5.41) is 0. The molecule has 2 heterocycles. The Hall–Kier alpha value is -3.08. The van der Waals surface area contributed by atoms with Crippen molar-refractivity contribution in [2.24, 2.45) is 4.99 Å². The van der Waals surface area contributed by atoms with Crippen molar-refractivity contribution in [3.8, 4) is 11.5 Å². The lowest BCUT2D eigenvalue weighted by atomic mass is 10.1. The summed E-state index contributed by atoms with van der Waals surface area (Å²) in [6.07, 6.45) is 1.69. The second kappa shape index (κ2) is 5.85. The summed E-state index contributed by atoms with van der Waals surface area (Å²) in [7, 11) is 0. The second-order valence-electron chi connectivity index (χ2n) is 5.55. The first-order chi connectivity index (χ1) is 11.7. The molecular weight excluding hydrogens is 306 g/mol. The monoisotopic (exact) mass is 321 g/mol. The first-order valence-electron chi connectivity index (χ1n) is 7.69. The van der Waals surface area contributed by atoms with Crippen LogP contribution in [0.2, 0.25) is 0 Å². The van der Waals surface area contributed by atoms with Gasteiger partial charge >= 0.3 is 5.97 Å². The van der Waals surface area contributed by atoms with Crippen LogP contribution >= 0.6 is 0 Å². The van der Waals surface area contributed by atoms with Crippen molar-refractivity contribution < 1.29 is 19.0 Å². The van der Waals surface area contributed by atoms with E-state index >= 15 is 0 Å². The molecule has 0 bridgehead atoms. The minimum atomic E-state index is -0.455. The molecule has 0 fully saturated rings. The fraction of sp³-hybridized carbons (Fsp3) is 0.158. The summed E-state index contributed by atoms with van der Waals surface area (Å²) < 4.78 is 16.4. The lowest BCUT2D eigenvalue weighted by molar-refractivity contribution is -0.129. The highest BCUT2D eigenvalue weighted by atomic mass is 16.6. The van der Waals surface area contributed by atoms with Crippen LogP contribution in [0.4, 0.5) is 0 Å². The normalized spacial score (nSPS) is 17.6. The summed E-state index contributed by atoms with van der Waals surface area (Å²) in [6, 6.07) is 13.2. The number of hydrogen-bond acceptors (Lipinski definition) is 5. The number of aryl methyl sites for hydroxylation is 1. The van der Waals surface area contributed by atoms with Crippen molar-refractivity contribution in [1.82, 2.24) is 0 Å². The molecule has 0 N–H and O–H groups in total. The van der Waals surface area contributed by atoms with E-state index in [1.807, 2.05) is 49.4 Å². The van der Waals surface area contributed by atoms with E-state index in [1.165, 1.54) is 0 Å². The van der Waals surface area contributed by atoms with Crippen LogP contribution in [0.3, 0.4) is 0 Å². The molecule has 120 valence electrons. The maximum atomic E-state index is 12.1. The van der Waals surface area contributed by atoms with E-state index in [0.29, 0.717) is 30.6 Å². The summed E-state index contributed by atoms with van der Waals surface area (Å²) >= 11 is 0. The molecule has 0 saturated heterocycles. The van der Waals surface area contributed by atoms with Gasteiger partial charge < -0.3 is 14.2 Å². The largest absolute Gasteiger partial charge is 0.486 e. The molecule has 2 aromatic carbocycles. The number of ether oxygens (including phenoxy) is 3. The van der Waals surface area contributed by atoms with Crippen molar-refractivity contribution in [1.29, 1.82) is 0 Å². The lowest BCUT2D eigenvalue weighted by Crippen LogP contribution is -2.15. The Morgan fingerprint density at radius 2 is 1.83 bits per heavy atom. The number of cyclic esters (lactones) is 1. The Labute approximate surface area is 139 Å². The topological polar surface area (TPSA) is 57.1 Å². The number of hydrogen-bond donors (Lipinski definition) is 0. The first kappa shape index (κ1) is 14.5. The summed E-state index contributed by atoms with van der Waals surface area (Å²) in [5.74, 6) is 1.26. The summed E-state index contributed by atoms with van der Waals surface area (Å²) in [4.78, 5) is 16.4. The number of aliphatic imine (C=N–C) groups is 1. The molecule has 2 aromatic rings. The number of carbonyl (C=O) groups excluding carboxylic acids is 1. The van der Waals surface area contributed by atoms with Crippen molar-refractivity contribution in [2.45, 2.75) is 6.92 Å². The van der Waals surface area contributed by atoms with Crippen molar-refractivity contribution in [3.63, 3.8) is 0 Å². The Bertz CT molecular complexity index is 883. The Morgan fingerprint density at radius 3 is 2.67 bits per heavy atom. The van der Waals surface area contributed by atoms with Crippen LogP contribution in [-0.4, -0.2) is 25.1 Å². The molecule has 0 aromatic heterocycles. The third kappa shape index (κ3) is 2.65. The first-order valence-corrected chi connectivity index (χ1v) is 7.69. The van der Waals surface area contributed by atoms with E-state index in [-0.39, 0.29) is 5.70 Å². The van der Waals surface area contributed by atoms with Gasteiger partial charge in [-0.1, -0.05) is 24.3 Å². The molecule has 5 nitrogen and oxygen atoms in total. The number of carbonyl (C=O) groups is 1. The molecule has 0 spiro atoms. The third-order valence-electron chi connectivity index (χ3n) is 3.87. The molecule has 24 heavy (non-hydrogen) atoms. The molecule has 2 aliphatic heterocycles. The molecule has 4 rings (SSSR count). The van der Waals surface area contributed by atoms with E-state index in [0.717, 1.165) is 16.7 Å². The Balaban J connectivity index is 1.67. The predicted molar refractivity (Wildman–Crippen MR) is 89.2 cm³/mol. The smallest absolute Gasteiger partial charge is 0.363 e. The van der Waals surface area contributed by atoms with Crippen LogP contribution in [0.25, 0.3) is 6.08 Å². The third-order valence-corrected chi connectivity index (χ3v) is 3.87. The van der Waals surface area contributed by atoms with Gasteiger partial charge in [0, 0.05) is 5.56 Å². The van der Waals surface area contributed by atoms with Gasteiger partial charge in [0.1, 0.15) is 13.2 Å². The van der Waals surface area contributed by atoms with Crippen LogP contribution in [0.15, 0.2) is 53.2 Å². The Kier molecular flexibility index (Phi) is 3.54. The molecule has 2 aliphatic rings. The van der Waals surface area contributed by atoms with Crippen LogP contribution in [0.5, 0.6) is 11.5 Å². The zero-order chi connectivity index (χ0) is 16.5. The molecule has 0 amide bonds. The van der Waals surface area contributed by atoms with Gasteiger partial charge in [-0.15, -0.1) is 0 Å². The highest BCUT2D eigenvalue weighted by molar-refractivity contribution is 6.13. The van der Waals surface area contributed by atoms with Crippen molar-refractivity contribution in [2.75, 3.05) is 13.2 Å². The number of rotatable bonds is 2. The number of esters is 1. The van der Waals surface area contributed by atoms with Crippen LogP contribution in [-0.2, 0) is 9.53 Å². The fourth-order valence-electron chi connectivity index (χ4n) is 2.64. The van der Waals surface area contributed by atoms with Crippen molar-refractivity contribution in [3.05, 3.63) is 64.9 Å². The van der Waals surface area contributed by atoms with Gasteiger partial charge in [-0.3, -0.25) is 0 Å². The van der Waals surface area contributed by atoms with E-state index in [4.69, 9.17) is 14.2 Å². The van der Waals surface area contributed by atoms with E-state index in [9.17, 15) is 4.79 Å². The predicted octanol–water partition coefficient (Wildman–Crippen LogP) is 3.11. The van der Waals surface area contributed by atoms with Gasteiger partial charge in [0.25, 0.3) is 0 Å². The molecule has 0 atom stereocenters. The van der Waals surface area contributed by atoms with Gasteiger partial charge in [0.05, 0.1) is 0 Å². The highest BCUT2D eigenvalue weighted by Crippen LogP contribution is 2.32. The minimum absolute atomic E-state index is 0.268. The second-order valence-corrected chi connectivity index (χ2v) is 5.55. The SMILES string of the molecule is Cc1ccccc1C1=N/C(=C/c2ccc3c(c2)OCCO3)C(=O)O1. The summed E-state index contributed by atoms with van der Waals surface area (Å²) in [5.41, 5.74) is 2.90. The molecular formula is C19H15NO4. The van der Waals surface area contributed by atoms with E-state index < -0.39 is 5.97 Å². The summed E-state index contributed by atoms with van der Waals surface area (Å²) in [6.45, 7) is 3.02. The zero-order valence-corrected chi connectivity index (χ0v) is 13.1. The van der Waals surface area contributed by atoms with Crippen molar-refractivity contribution >= 4 is 17.9 Å². The van der Waals surface area contributed by atoms with Gasteiger partial charge in [-0.05, 0) is 42.3 Å². The van der Waals surface area contributed by atoms with Gasteiger partial charge in [0.2, 0.25) is 5.90 Å². The standard InChI is InChI=1S/C19H15NO4/c1-12-4-2-3-5-14(12)18-20-15(19(21)24-18)10-13-6-7-16-17(11-13)23-9-8-22-16/h2-7,10-11H,8-9H2,1H3/b15-10+. The number of fused-ring (bicyclic) bond motifs is 1.